The van der Waals surface area contributed by atoms with E-state index < -0.39 is 0 Å². The largest absolute Gasteiger partial charge is 0.381 e. The fraction of sp³-hybridized carbons (Fsp3) is 0.429. The highest BCUT2D eigenvalue weighted by molar-refractivity contribution is 7.99. The van der Waals surface area contributed by atoms with Crippen molar-refractivity contribution < 1.29 is 4.74 Å². The van der Waals surface area contributed by atoms with Crippen LogP contribution in [0.4, 0.5) is 0 Å². The first-order valence-electron chi connectivity index (χ1n) is 9.57. The molecule has 0 saturated heterocycles. The van der Waals surface area contributed by atoms with Crippen LogP contribution in [0.2, 0.25) is 0 Å². The highest BCUT2D eigenvalue weighted by Crippen LogP contribution is 2.34. The molecule has 1 aliphatic rings. The summed E-state index contributed by atoms with van der Waals surface area (Å²) in [4.78, 5) is 20.7. The topological polar surface area (TPSA) is 44.1 Å². The molecule has 0 fully saturated rings. The summed E-state index contributed by atoms with van der Waals surface area (Å²) in [5, 5.41) is 1.66. The Morgan fingerprint density at radius 3 is 2.85 bits per heavy atom. The summed E-state index contributed by atoms with van der Waals surface area (Å²) in [5.41, 5.74) is 2.49. The summed E-state index contributed by atoms with van der Waals surface area (Å²) in [7, 11) is 0. The highest BCUT2D eigenvalue weighted by atomic mass is 32.2. The molecule has 0 atom stereocenters. The van der Waals surface area contributed by atoms with Crippen LogP contribution in [0.1, 0.15) is 35.8 Å². The molecule has 0 unspecified atom stereocenters. The maximum Gasteiger partial charge on any atom is 0.263 e. The molecule has 27 heavy (non-hydrogen) atoms. The van der Waals surface area contributed by atoms with E-state index in [4.69, 9.17) is 9.72 Å². The van der Waals surface area contributed by atoms with Gasteiger partial charge in [-0.1, -0.05) is 42.1 Å². The summed E-state index contributed by atoms with van der Waals surface area (Å²) in [6.45, 7) is 3.93. The first-order chi connectivity index (χ1) is 13.3. The minimum atomic E-state index is 0.113. The van der Waals surface area contributed by atoms with Gasteiger partial charge in [0.15, 0.2) is 5.16 Å². The van der Waals surface area contributed by atoms with Gasteiger partial charge in [0.2, 0.25) is 0 Å². The Hall–Kier alpha value is -1.63. The van der Waals surface area contributed by atoms with Crippen LogP contribution < -0.4 is 5.56 Å². The number of hydrogen-bond donors (Lipinski definition) is 0. The predicted octanol–water partition coefficient (Wildman–Crippen LogP) is 4.51. The minimum absolute atomic E-state index is 0.113. The Morgan fingerprint density at radius 1 is 1.22 bits per heavy atom. The van der Waals surface area contributed by atoms with E-state index in [0.717, 1.165) is 39.5 Å². The lowest BCUT2D eigenvalue weighted by atomic mass is 9.97. The lowest BCUT2D eigenvalue weighted by molar-refractivity contribution is 0.164. The Labute approximate surface area is 167 Å². The van der Waals surface area contributed by atoms with Crippen LogP contribution in [0.15, 0.2) is 40.3 Å². The zero-order chi connectivity index (χ0) is 18.6. The SMILES string of the molecule is CCOCCSc1nc2sc3c(c2c(=O)n1Cc1ccccc1)CCCC3. The fourth-order valence-corrected chi connectivity index (χ4v) is 5.72. The molecular weight excluding hydrogens is 376 g/mol. The van der Waals surface area contributed by atoms with E-state index >= 15 is 0 Å². The molecule has 0 aliphatic heterocycles. The van der Waals surface area contributed by atoms with Gasteiger partial charge in [0, 0.05) is 17.2 Å². The van der Waals surface area contributed by atoms with Crippen molar-refractivity contribution in [2.45, 2.75) is 44.3 Å². The predicted molar refractivity (Wildman–Crippen MR) is 113 cm³/mol. The van der Waals surface area contributed by atoms with Crippen LogP contribution in [0, 0.1) is 0 Å². The third kappa shape index (κ3) is 3.98. The maximum atomic E-state index is 13.5. The molecule has 6 heteroatoms. The van der Waals surface area contributed by atoms with E-state index in [-0.39, 0.29) is 5.56 Å². The number of aryl methyl sites for hydroxylation is 2. The summed E-state index contributed by atoms with van der Waals surface area (Å²) in [5.74, 6) is 0.797. The van der Waals surface area contributed by atoms with Gasteiger partial charge >= 0.3 is 0 Å². The lowest BCUT2D eigenvalue weighted by Crippen LogP contribution is -2.24. The molecule has 0 bridgehead atoms. The maximum absolute atomic E-state index is 13.5. The van der Waals surface area contributed by atoms with Crippen molar-refractivity contribution in [3.05, 3.63) is 56.7 Å². The molecule has 2 aromatic heterocycles. The highest BCUT2D eigenvalue weighted by Gasteiger charge is 2.22. The molecular formula is C21H24N2O2S2. The Morgan fingerprint density at radius 2 is 2.04 bits per heavy atom. The van der Waals surface area contributed by atoms with Gasteiger partial charge in [-0.25, -0.2) is 4.98 Å². The number of benzene rings is 1. The van der Waals surface area contributed by atoms with Gasteiger partial charge in [-0.05, 0) is 43.7 Å². The number of thioether (sulfide) groups is 1. The van der Waals surface area contributed by atoms with E-state index in [1.165, 1.54) is 23.3 Å². The fourth-order valence-electron chi connectivity index (χ4n) is 3.57. The van der Waals surface area contributed by atoms with Crippen LogP contribution in [-0.4, -0.2) is 28.5 Å². The second-order valence-electron chi connectivity index (χ2n) is 6.71. The first kappa shape index (κ1) is 18.7. The average Bonchev–Trinajstić information content (AvgIpc) is 3.07. The van der Waals surface area contributed by atoms with Crippen LogP contribution in [0.25, 0.3) is 10.2 Å². The normalized spacial score (nSPS) is 13.8. The van der Waals surface area contributed by atoms with Gasteiger partial charge in [-0.3, -0.25) is 9.36 Å². The average molecular weight is 401 g/mol. The van der Waals surface area contributed by atoms with Crippen LogP contribution in [-0.2, 0) is 24.1 Å². The number of fused-ring (bicyclic) bond motifs is 3. The molecule has 0 N–H and O–H groups in total. The van der Waals surface area contributed by atoms with E-state index in [0.29, 0.717) is 19.8 Å². The molecule has 1 aromatic carbocycles. The molecule has 4 nitrogen and oxygen atoms in total. The van der Waals surface area contributed by atoms with Gasteiger partial charge in [0.1, 0.15) is 4.83 Å². The number of nitrogens with zero attached hydrogens (tertiary/aromatic N) is 2. The van der Waals surface area contributed by atoms with Crippen molar-refractivity contribution >= 4 is 33.3 Å². The van der Waals surface area contributed by atoms with E-state index in [1.54, 1.807) is 23.1 Å². The second-order valence-corrected chi connectivity index (χ2v) is 8.85. The molecule has 2 heterocycles. The minimum Gasteiger partial charge on any atom is -0.381 e. The molecule has 0 spiro atoms. The van der Waals surface area contributed by atoms with Crippen molar-refractivity contribution in [3.8, 4) is 0 Å². The van der Waals surface area contributed by atoms with Gasteiger partial charge in [-0.2, -0.15) is 0 Å². The molecule has 0 saturated carbocycles. The summed E-state index contributed by atoms with van der Waals surface area (Å²) >= 11 is 3.33. The van der Waals surface area contributed by atoms with Gasteiger partial charge < -0.3 is 4.74 Å². The van der Waals surface area contributed by atoms with Crippen molar-refractivity contribution in [3.63, 3.8) is 0 Å². The van der Waals surface area contributed by atoms with Crippen molar-refractivity contribution in [2.24, 2.45) is 0 Å². The van der Waals surface area contributed by atoms with Crippen molar-refractivity contribution in [2.75, 3.05) is 19.0 Å². The van der Waals surface area contributed by atoms with Gasteiger partial charge in [-0.15, -0.1) is 11.3 Å². The number of thiophene rings is 1. The molecule has 0 amide bonds. The molecule has 142 valence electrons. The Balaban J connectivity index is 1.78. The van der Waals surface area contributed by atoms with Crippen molar-refractivity contribution in [1.29, 1.82) is 0 Å². The second kappa shape index (κ2) is 8.59. The van der Waals surface area contributed by atoms with Gasteiger partial charge in [0.25, 0.3) is 5.56 Å². The Bertz CT molecular complexity index is 979. The van der Waals surface area contributed by atoms with Crippen LogP contribution in [0.3, 0.4) is 0 Å². The Kier molecular flexibility index (Phi) is 5.95. The monoisotopic (exact) mass is 400 g/mol. The lowest BCUT2D eigenvalue weighted by Gasteiger charge is -2.13. The summed E-state index contributed by atoms with van der Waals surface area (Å²) in [6.07, 6.45) is 4.48. The number of rotatable bonds is 7. The third-order valence-corrected chi connectivity index (χ3v) is 7.01. The smallest absolute Gasteiger partial charge is 0.263 e. The number of aromatic nitrogens is 2. The first-order valence-corrected chi connectivity index (χ1v) is 11.4. The van der Waals surface area contributed by atoms with Crippen molar-refractivity contribution in [1.82, 2.24) is 9.55 Å². The van der Waals surface area contributed by atoms with E-state index in [1.807, 2.05) is 29.7 Å². The number of ether oxygens (including phenoxy) is 1. The summed E-state index contributed by atoms with van der Waals surface area (Å²) < 4.78 is 7.32. The quantitative estimate of drug-likeness (QED) is 0.332. The third-order valence-electron chi connectivity index (χ3n) is 4.89. The van der Waals surface area contributed by atoms with Crippen LogP contribution in [0.5, 0.6) is 0 Å². The summed E-state index contributed by atoms with van der Waals surface area (Å²) in [6, 6.07) is 10.2. The molecule has 0 radical (unpaired) electrons. The van der Waals surface area contributed by atoms with Gasteiger partial charge in [0.05, 0.1) is 18.5 Å². The van der Waals surface area contributed by atoms with E-state index in [2.05, 4.69) is 12.1 Å². The molecule has 1 aliphatic carbocycles. The standard InChI is InChI=1S/C21H24N2O2S2/c1-2-25-12-13-26-21-22-19-18(16-10-6-7-11-17(16)27-19)20(24)23(21)14-15-8-4-3-5-9-15/h3-5,8-9H,2,6-7,10-14H2,1H3. The van der Waals surface area contributed by atoms with Crippen LogP contribution >= 0.6 is 23.1 Å². The van der Waals surface area contributed by atoms with E-state index in [9.17, 15) is 4.79 Å². The number of hydrogen-bond acceptors (Lipinski definition) is 5. The zero-order valence-electron chi connectivity index (χ0n) is 15.6. The molecule has 4 rings (SSSR count). The zero-order valence-corrected chi connectivity index (χ0v) is 17.2. The molecule has 3 aromatic rings.